The number of rotatable bonds is 2. The van der Waals surface area contributed by atoms with Crippen molar-refractivity contribution < 1.29 is 4.79 Å². The van der Waals surface area contributed by atoms with Gasteiger partial charge in [-0.3, -0.25) is 4.79 Å². The van der Waals surface area contributed by atoms with Gasteiger partial charge in [-0.25, -0.2) is 0 Å². The molecule has 1 N–H and O–H groups in total. The molecule has 0 saturated heterocycles. The van der Waals surface area contributed by atoms with E-state index in [4.69, 9.17) is 23.2 Å². The van der Waals surface area contributed by atoms with Gasteiger partial charge in [0.15, 0.2) is 0 Å². The smallest absolute Gasteiger partial charge is 0.257 e. The number of hydrogen-bond acceptors (Lipinski definition) is 4. The summed E-state index contributed by atoms with van der Waals surface area (Å²) < 4.78 is 8.39. The molecule has 0 atom stereocenters. The highest BCUT2D eigenvalue weighted by Crippen LogP contribution is 2.27. The zero-order valence-corrected chi connectivity index (χ0v) is 13.2. The molecule has 0 bridgehead atoms. The third kappa shape index (κ3) is 2.72. The summed E-state index contributed by atoms with van der Waals surface area (Å²) in [6.07, 6.45) is 0. The minimum atomic E-state index is -0.328. The fourth-order valence-corrected chi connectivity index (χ4v) is 2.88. The van der Waals surface area contributed by atoms with E-state index in [9.17, 15) is 4.79 Å². The second-order valence-electron chi connectivity index (χ2n) is 4.47. The van der Waals surface area contributed by atoms with Crippen LogP contribution in [0.1, 0.15) is 15.9 Å². The topological polar surface area (TPSA) is 54.9 Å². The van der Waals surface area contributed by atoms with E-state index >= 15 is 0 Å². The van der Waals surface area contributed by atoms with Crippen LogP contribution in [0, 0.1) is 6.92 Å². The lowest BCUT2D eigenvalue weighted by molar-refractivity contribution is 0.102. The van der Waals surface area contributed by atoms with Crippen LogP contribution >= 0.6 is 34.9 Å². The Balaban J connectivity index is 2.02. The van der Waals surface area contributed by atoms with E-state index in [0.717, 1.165) is 22.8 Å². The predicted molar refractivity (Wildman–Crippen MR) is 86.6 cm³/mol. The molecular weight excluding hydrogens is 329 g/mol. The van der Waals surface area contributed by atoms with Crippen molar-refractivity contribution in [3.8, 4) is 0 Å². The number of benzene rings is 2. The molecule has 0 unspecified atom stereocenters. The van der Waals surface area contributed by atoms with Gasteiger partial charge in [0.25, 0.3) is 5.91 Å². The Labute approximate surface area is 135 Å². The van der Waals surface area contributed by atoms with Gasteiger partial charge in [0.05, 0.1) is 28.0 Å². The van der Waals surface area contributed by atoms with E-state index < -0.39 is 0 Å². The van der Waals surface area contributed by atoms with Crippen LogP contribution in [0.3, 0.4) is 0 Å². The number of anilines is 1. The molecular formula is C14H9Cl2N3OS. The summed E-state index contributed by atoms with van der Waals surface area (Å²) in [6.45, 7) is 1.90. The van der Waals surface area contributed by atoms with E-state index in [1.165, 1.54) is 6.07 Å². The number of halogens is 2. The molecule has 0 spiro atoms. The molecule has 106 valence electrons. The Morgan fingerprint density at radius 3 is 2.81 bits per heavy atom. The van der Waals surface area contributed by atoms with Gasteiger partial charge in [-0.05, 0) is 36.8 Å². The number of amides is 1. The fraction of sp³-hybridized carbons (Fsp3) is 0.0714. The van der Waals surface area contributed by atoms with E-state index in [0.29, 0.717) is 26.8 Å². The maximum atomic E-state index is 12.4. The molecule has 1 amide bonds. The van der Waals surface area contributed by atoms with Crippen LogP contribution in [0.2, 0.25) is 10.0 Å². The molecule has 0 saturated carbocycles. The van der Waals surface area contributed by atoms with Crippen LogP contribution in [0.25, 0.3) is 11.0 Å². The van der Waals surface area contributed by atoms with Crippen molar-refractivity contribution in [1.82, 2.24) is 8.75 Å². The number of hydrogen-bond donors (Lipinski definition) is 1. The van der Waals surface area contributed by atoms with Gasteiger partial charge in [-0.15, -0.1) is 0 Å². The van der Waals surface area contributed by atoms with Gasteiger partial charge in [0, 0.05) is 5.02 Å². The molecule has 0 aliphatic carbocycles. The van der Waals surface area contributed by atoms with Gasteiger partial charge in [0.2, 0.25) is 0 Å². The van der Waals surface area contributed by atoms with E-state index in [-0.39, 0.29) is 5.91 Å². The molecule has 1 aromatic heterocycles. The number of aromatic nitrogens is 2. The standard InChI is InChI=1S/C14H9Cl2N3OS/c1-7-2-5-11-13(19-21-18-11)12(7)17-14(20)9-6-8(15)3-4-10(9)16/h2-6H,1H3,(H,17,20). The van der Waals surface area contributed by atoms with Crippen molar-refractivity contribution in [3.05, 3.63) is 51.5 Å². The summed E-state index contributed by atoms with van der Waals surface area (Å²) in [7, 11) is 0. The highest BCUT2D eigenvalue weighted by Gasteiger charge is 2.15. The Morgan fingerprint density at radius 2 is 2.00 bits per heavy atom. The second-order valence-corrected chi connectivity index (χ2v) is 5.84. The van der Waals surface area contributed by atoms with Gasteiger partial charge in [0.1, 0.15) is 11.0 Å². The minimum absolute atomic E-state index is 0.323. The molecule has 1 heterocycles. The zero-order valence-electron chi connectivity index (χ0n) is 10.9. The first-order valence-corrected chi connectivity index (χ1v) is 7.53. The molecule has 0 fully saturated rings. The largest absolute Gasteiger partial charge is 0.320 e. The first-order valence-electron chi connectivity index (χ1n) is 6.04. The van der Waals surface area contributed by atoms with Gasteiger partial charge >= 0.3 is 0 Å². The summed E-state index contributed by atoms with van der Waals surface area (Å²) in [4.78, 5) is 12.4. The summed E-state index contributed by atoms with van der Waals surface area (Å²) in [5, 5.41) is 3.64. The van der Waals surface area contributed by atoms with Crippen molar-refractivity contribution >= 4 is 57.6 Å². The summed E-state index contributed by atoms with van der Waals surface area (Å²) in [5.74, 6) is -0.328. The van der Waals surface area contributed by atoms with Crippen molar-refractivity contribution in [2.24, 2.45) is 0 Å². The quantitative estimate of drug-likeness (QED) is 0.745. The van der Waals surface area contributed by atoms with Crippen LogP contribution in [0.4, 0.5) is 5.69 Å². The molecule has 3 aromatic rings. The third-order valence-corrected chi connectivity index (χ3v) is 4.16. The molecule has 0 aliphatic rings. The van der Waals surface area contributed by atoms with Crippen LogP contribution in [-0.4, -0.2) is 14.7 Å². The zero-order chi connectivity index (χ0) is 15.0. The predicted octanol–water partition coefficient (Wildman–Crippen LogP) is 4.56. The van der Waals surface area contributed by atoms with E-state index in [2.05, 4.69) is 14.1 Å². The summed E-state index contributed by atoms with van der Waals surface area (Å²) >= 11 is 13.1. The van der Waals surface area contributed by atoms with Crippen molar-refractivity contribution in [3.63, 3.8) is 0 Å². The monoisotopic (exact) mass is 337 g/mol. The maximum Gasteiger partial charge on any atom is 0.257 e. The van der Waals surface area contributed by atoms with Gasteiger partial charge in [-0.2, -0.15) is 8.75 Å². The molecule has 7 heteroatoms. The third-order valence-electron chi connectivity index (χ3n) is 3.05. The van der Waals surface area contributed by atoms with Crippen LogP contribution in [0.5, 0.6) is 0 Å². The first kappa shape index (κ1) is 14.3. The molecule has 0 aliphatic heterocycles. The van der Waals surface area contributed by atoms with Crippen LogP contribution in [0.15, 0.2) is 30.3 Å². The Morgan fingerprint density at radius 1 is 1.19 bits per heavy atom. The van der Waals surface area contributed by atoms with Gasteiger partial charge < -0.3 is 5.32 Å². The normalized spacial score (nSPS) is 10.8. The highest BCUT2D eigenvalue weighted by molar-refractivity contribution is 7.00. The number of carbonyl (C=O) groups excluding carboxylic acids is 1. The summed E-state index contributed by atoms with van der Waals surface area (Å²) in [6, 6.07) is 8.52. The van der Waals surface area contributed by atoms with Crippen molar-refractivity contribution in [1.29, 1.82) is 0 Å². The second kappa shape index (κ2) is 5.60. The molecule has 0 radical (unpaired) electrons. The lowest BCUT2D eigenvalue weighted by Gasteiger charge is -2.10. The molecule has 3 rings (SSSR count). The lowest BCUT2D eigenvalue weighted by atomic mass is 10.1. The molecule has 21 heavy (non-hydrogen) atoms. The average Bonchev–Trinajstić information content (AvgIpc) is 2.93. The number of nitrogens with one attached hydrogen (secondary N) is 1. The Kier molecular flexibility index (Phi) is 3.80. The highest BCUT2D eigenvalue weighted by atomic mass is 35.5. The lowest BCUT2D eigenvalue weighted by Crippen LogP contribution is -2.13. The van der Waals surface area contributed by atoms with E-state index in [1.54, 1.807) is 12.1 Å². The van der Waals surface area contributed by atoms with Gasteiger partial charge in [-0.1, -0.05) is 29.3 Å². The number of aryl methyl sites for hydroxylation is 1. The maximum absolute atomic E-state index is 12.4. The fourth-order valence-electron chi connectivity index (χ4n) is 1.96. The first-order chi connectivity index (χ1) is 10.1. The minimum Gasteiger partial charge on any atom is -0.320 e. The van der Waals surface area contributed by atoms with E-state index in [1.807, 2.05) is 19.1 Å². The number of carbonyl (C=O) groups is 1. The Hall–Kier alpha value is -1.69. The van der Waals surface area contributed by atoms with Crippen molar-refractivity contribution in [2.45, 2.75) is 6.92 Å². The molecule has 4 nitrogen and oxygen atoms in total. The van der Waals surface area contributed by atoms with Crippen molar-refractivity contribution in [2.75, 3.05) is 5.32 Å². The molecule has 2 aromatic carbocycles. The Bertz CT molecular complexity index is 847. The average molecular weight is 338 g/mol. The SMILES string of the molecule is Cc1ccc2nsnc2c1NC(=O)c1cc(Cl)ccc1Cl. The summed E-state index contributed by atoms with van der Waals surface area (Å²) in [5.41, 5.74) is 3.29. The van der Waals surface area contributed by atoms with Crippen LogP contribution in [-0.2, 0) is 0 Å². The number of nitrogens with zero attached hydrogens (tertiary/aromatic N) is 2. The van der Waals surface area contributed by atoms with Crippen LogP contribution < -0.4 is 5.32 Å². The number of fused-ring (bicyclic) bond motifs is 1.